The van der Waals surface area contributed by atoms with Crippen LogP contribution in [0.4, 0.5) is 0 Å². The van der Waals surface area contributed by atoms with Gasteiger partial charge in [-0.25, -0.2) is 0 Å². The van der Waals surface area contributed by atoms with Crippen LogP contribution in [-0.4, -0.2) is 120 Å². The smallest absolute Gasteiger partial charge is 0.185 e. The standard InChI is InChI=1S/C21H42N6O8/c1-9(27(4)26-31)13-6-5-10(22)19(33-13)34-16-11(23)7-12(24)17(14(16)28)35-20-15(29)18(25-3)21(2,30)8-32-20/h9-20,25,28-30H,5-8,22-24H2,1-4H3/t9?,10-,11+,12-,13+,14-,15+,16-,17+,18-,19-,20-,21+/m1/s1. The number of nitrogens with one attached hydrogen (secondary N) is 1. The molecule has 0 radical (unpaired) electrons. The van der Waals surface area contributed by atoms with Gasteiger partial charge in [-0.15, -0.1) is 4.91 Å². The Balaban J connectivity index is 1.69. The highest BCUT2D eigenvalue weighted by Crippen LogP contribution is 2.32. The topological polar surface area (TPSA) is 220 Å². The molecule has 3 rings (SSSR count). The van der Waals surface area contributed by atoms with Gasteiger partial charge in [0.2, 0.25) is 0 Å². The van der Waals surface area contributed by atoms with E-state index in [1.807, 2.05) is 6.92 Å². The van der Waals surface area contributed by atoms with E-state index in [1.165, 1.54) is 5.01 Å². The molecule has 204 valence electrons. The molecule has 14 nitrogen and oxygen atoms in total. The van der Waals surface area contributed by atoms with E-state index in [2.05, 4.69) is 10.6 Å². The van der Waals surface area contributed by atoms with Crippen molar-refractivity contribution in [3.8, 4) is 0 Å². The first kappa shape index (κ1) is 28.5. The third-order valence-electron chi connectivity index (χ3n) is 7.48. The summed E-state index contributed by atoms with van der Waals surface area (Å²) in [6.45, 7) is 3.27. The van der Waals surface area contributed by atoms with E-state index in [-0.39, 0.29) is 25.2 Å². The minimum absolute atomic E-state index is 0.0911. The van der Waals surface area contributed by atoms with E-state index in [0.29, 0.717) is 12.8 Å². The second-order valence-electron chi connectivity index (χ2n) is 10.2. The number of nitroso groups, excluding NO2 is 1. The normalized spacial score (nSPS) is 47.8. The number of hydrogen-bond donors (Lipinski definition) is 7. The van der Waals surface area contributed by atoms with Crippen molar-refractivity contribution in [1.82, 2.24) is 10.3 Å². The minimum Gasteiger partial charge on any atom is -0.388 e. The highest BCUT2D eigenvalue weighted by Gasteiger charge is 2.51. The van der Waals surface area contributed by atoms with Crippen molar-refractivity contribution in [3.63, 3.8) is 0 Å². The molecule has 0 amide bonds. The highest BCUT2D eigenvalue weighted by atomic mass is 16.7. The number of rotatable bonds is 8. The lowest BCUT2D eigenvalue weighted by molar-refractivity contribution is -0.307. The SMILES string of the molecule is CN[C@@H]1[C@H](O)[C@@H](O[C@@H]2[C@H](O)[C@H](O[C@H]3O[C@H](C(C)N(C)N=O)CC[C@H]3N)[C@@H](N)C[C@H]2N)OC[C@]1(C)O. The van der Waals surface area contributed by atoms with Gasteiger partial charge in [0.25, 0.3) is 0 Å². The van der Waals surface area contributed by atoms with Gasteiger partial charge in [-0.3, -0.25) is 5.01 Å². The summed E-state index contributed by atoms with van der Waals surface area (Å²) >= 11 is 0. The summed E-state index contributed by atoms with van der Waals surface area (Å²) in [6, 6.07) is -2.78. The molecule has 0 spiro atoms. The summed E-state index contributed by atoms with van der Waals surface area (Å²) < 4.78 is 23.6. The van der Waals surface area contributed by atoms with E-state index >= 15 is 0 Å². The zero-order valence-corrected chi connectivity index (χ0v) is 20.8. The lowest BCUT2D eigenvalue weighted by Crippen LogP contribution is -2.68. The van der Waals surface area contributed by atoms with Gasteiger partial charge in [0.1, 0.15) is 30.0 Å². The van der Waals surface area contributed by atoms with Crippen LogP contribution in [0.5, 0.6) is 0 Å². The molecule has 2 aliphatic heterocycles. The first-order chi connectivity index (χ1) is 16.4. The van der Waals surface area contributed by atoms with E-state index < -0.39 is 66.8 Å². The van der Waals surface area contributed by atoms with Gasteiger partial charge < -0.3 is 56.8 Å². The molecule has 0 bridgehead atoms. The molecule has 13 atom stereocenters. The molecule has 0 aromatic heterocycles. The van der Waals surface area contributed by atoms with Crippen molar-refractivity contribution in [2.24, 2.45) is 22.5 Å². The zero-order chi connectivity index (χ0) is 26.1. The fourth-order valence-electron chi connectivity index (χ4n) is 5.15. The maximum atomic E-state index is 11.2. The Labute approximate surface area is 205 Å². The van der Waals surface area contributed by atoms with Crippen molar-refractivity contribution in [2.45, 2.75) is 112 Å². The van der Waals surface area contributed by atoms with Crippen LogP contribution in [0, 0.1) is 4.91 Å². The molecule has 2 saturated heterocycles. The number of aliphatic hydroxyl groups is 3. The molecular weight excluding hydrogens is 464 g/mol. The number of ether oxygens (including phenoxy) is 4. The zero-order valence-electron chi connectivity index (χ0n) is 20.8. The number of hydrogen-bond acceptors (Lipinski definition) is 13. The molecule has 3 fully saturated rings. The van der Waals surface area contributed by atoms with Crippen molar-refractivity contribution in [3.05, 3.63) is 4.91 Å². The Morgan fingerprint density at radius 3 is 2.26 bits per heavy atom. The summed E-state index contributed by atoms with van der Waals surface area (Å²) in [5.41, 5.74) is 17.5. The second kappa shape index (κ2) is 11.6. The van der Waals surface area contributed by atoms with E-state index in [4.69, 9.17) is 36.1 Å². The molecule has 0 aromatic carbocycles. The van der Waals surface area contributed by atoms with Crippen LogP contribution in [0.2, 0.25) is 0 Å². The predicted octanol–water partition coefficient (Wildman–Crippen LogP) is -2.93. The molecule has 1 unspecified atom stereocenters. The van der Waals surface area contributed by atoms with E-state index in [0.717, 1.165) is 0 Å². The molecule has 2 heterocycles. The molecular formula is C21H42N6O8. The Bertz CT molecular complexity index is 707. The molecule has 1 aliphatic carbocycles. The lowest BCUT2D eigenvalue weighted by atomic mass is 9.84. The van der Waals surface area contributed by atoms with Gasteiger partial charge in [-0.05, 0) is 40.2 Å². The van der Waals surface area contributed by atoms with Crippen LogP contribution < -0.4 is 22.5 Å². The minimum atomic E-state index is -1.31. The summed E-state index contributed by atoms with van der Waals surface area (Å²) in [5, 5.41) is 39.4. The Morgan fingerprint density at radius 1 is 1.09 bits per heavy atom. The highest BCUT2D eigenvalue weighted by molar-refractivity contribution is 5.02. The van der Waals surface area contributed by atoms with Gasteiger partial charge in [-0.2, -0.15) is 0 Å². The molecule has 1 saturated carbocycles. The molecule has 0 aromatic rings. The summed E-state index contributed by atoms with van der Waals surface area (Å²) in [4.78, 5) is 10.9. The average molecular weight is 507 g/mol. The second-order valence-corrected chi connectivity index (χ2v) is 10.2. The van der Waals surface area contributed by atoms with Crippen LogP contribution >= 0.6 is 0 Å². The maximum absolute atomic E-state index is 11.2. The fraction of sp³-hybridized carbons (Fsp3) is 1.00. The maximum Gasteiger partial charge on any atom is 0.185 e. The van der Waals surface area contributed by atoms with E-state index in [9.17, 15) is 20.2 Å². The molecule has 14 heteroatoms. The molecule has 10 N–H and O–H groups in total. The van der Waals surface area contributed by atoms with Crippen molar-refractivity contribution in [2.75, 3.05) is 20.7 Å². The predicted molar refractivity (Wildman–Crippen MR) is 124 cm³/mol. The van der Waals surface area contributed by atoms with Crippen LogP contribution in [0.25, 0.3) is 0 Å². The van der Waals surface area contributed by atoms with Crippen LogP contribution in [0.15, 0.2) is 5.29 Å². The van der Waals surface area contributed by atoms with Crippen molar-refractivity contribution >= 4 is 0 Å². The van der Waals surface area contributed by atoms with Gasteiger partial charge in [0.15, 0.2) is 12.6 Å². The van der Waals surface area contributed by atoms with Crippen molar-refractivity contribution < 1.29 is 34.3 Å². The van der Waals surface area contributed by atoms with Gasteiger partial charge in [0, 0.05) is 19.1 Å². The molecule has 35 heavy (non-hydrogen) atoms. The van der Waals surface area contributed by atoms with Gasteiger partial charge >= 0.3 is 0 Å². The summed E-state index contributed by atoms with van der Waals surface area (Å²) in [6.07, 6.45) is -5.30. The third kappa shape index (κ3) is 6.10. The summed E-state index contributed by atoms with van der Waals surface area (Å²) in [7, 11) is 3.18. The first-order valence-electron chi connectivity index (χ1n) is 12.1. The Kier molecular flexibility index (Phi) is 9.43. The van der Waals surface area contributed by atoms with Gasteiger partial charge in [0.05, 0.1) is 36.1 Å². The lowest BCUT2D eigenvalue weighted by Gasteiger charge is -2.48. The third-order valence-corrected chi connectivity index (χ3v) is 7.48. The van der Waals surface area contributed by atoms with Gasteiger partial charge in [-0.1, -0.05) is 0 Å². The quantitative estimate of drug-likeness (QED) is 0.130. The van der Waals surface area contributed by atoms with E-state index in [1.54, 1.807) is 21.0 Å². The number of likely N-dealkylation sites (N-methyl/N-ethyl adjacent to an activating group) is 2. The van der Waals surface area contributed by atoms with Crippen LogP contribution in [0.1, 0.15) is 33.1 Å². The Hall–Kier alpha value is -1.04. The average Bonchev–Trinajstić information content (AvgIpc) is 2.80. The van der Waals surface area contributed by atoms with Crippen molar-refractivity contribution in [1.29, 1.82) is 0 Å². The van der Waals surface area contributed by atoms with Crippen LogP contribution in [0.3, 0.4) is 0 Å². The Morgan fingerprint density at radius 2 is 1.69 bits per heavy atom. The number of aliphatic hydroxyl groups excluding tert-OH is 2. The molecule has 3 aliphatic rings. The van der Waals surface area contributed by atoms with Crippen LogP contribution in [-0.2, 0) is 18.9 Å². The fourth-order valence-corrected chi connectivity index (χ4v) is 5.15. The first-order valence-corrected chi connectivity index (χ1v) is 12.1. The summed E-state index contributed by atoms with van der Waals surface area (Å²) in [5.74, 6) is 0. The monoisotopic (exact) mass is 506 g/mol. The largest absolute Gasteiger partial charge is 0.388 e. The number of nitrogens with two attached hydrogens (primary N) is 3. The number of nitrogens with zero attached hydrogens (tertiary/aromatic N) is 2.